The minimum absolute atomic E-state index is 0.209. The largest absolute Gasteiger partial charge is 0.355 e. The van der Waals surface area contributed by atoms with Crippen molar-refractivity contribution in [3.8, 4) is 0 Å². The molecule has 1 aromatic rings. The molecular weight excluding hydrogens is 266 g/mol. The molecule has 0 spiro atoms. The number of hydrogen-bond acceptors (Lipinski definition) is 2. The van der Waals surface area contributed by atoms with Gasteiger partial charge < -0.3 is 10.2 Å². The Hall–Kier alpha value is -1.16. The number of guanidine groups is 1. The van der Waals surface area contributed by atoms with Crippen molar-refractivity contribution in [3.63, 3.8) is 0 Å². The van der Waals surface area contributed by atoms with E-state index in [0.29, 0.717) is 0 Å². The summed E-state index contributed by atoms with van der Waals surface area (Å²) in [6, 6.07) is 8.64. The molecule has 3 nitrogen and oxygen atoms in total. The molecule has 1 rings (SSSR count). The molecule has 1 N–H and O–H groups in total. The lowest BCUT2D eigenvalue weighted by Gasteiger charge is -2.27. The quantitative estimate of drug-likeness (QED) is 0.667. The van der Waals surface area contributed by atoms with Crippen molar-refractivity contribution >= 4 is 17.7 Å². The number of nitrogens with one attached hydrogen (secondary N) is 1. The Morgan fingerprint density at radius 2 is 1.90 bits per heavy atom. The maximum absolute atomic E-state index is 4.36. The van der Waals surface area contributed by atoms with Crippen LogP contribution in [0.15, 0.2) is 29.3 Å². The highest BCUT2D eigenvalue weighted by Crippen LogP contribution is 2.19. The maximum Gasteiger partial charge on any atom is 0.193 e. The van der Waals surface area contributed by atoms with Crippen LogP contribution < -0.4 is 5.32 Å². The third kappa shape index (κ3) is 5.45. The fraction of sp³-hybridized carbons (Fsp3) is 0.562. The summed E-state index contributed by atoms with van der Waals surface area (Å²) < 4.78 is 0.209. The van der Waals surface area contributed by atoms with Crippen LogP contribution in [0, 0.1) is 6.92 Å². The molecule has 4 heteroatoms. The van der Waals surface area contributed by atoms with Crippen molar-refractivity contribution in [2.75, 3.05) is 26.9 Å². The molecule has 0 heterocycles. The first-order chi connectivity index (χ1) is 9.38. The summed E-state index contributed by atoms with van der Waals surface area (Å²) >= 11 is 1.86. The van der Waals surface area contributed by atoms with Crippen molar-refractivity contribution in [3.05, 3.63) is 35.4 Å². The molecule has 0 saturated heterocycles. The molecule has 0 fully saturated rings. The highest BCUT2D eigenvalue weighted by molar-refractivity contribution is 7.99. The lowest BCUT2D eigenvalue weighted by atomic mass is 10.1. The molecule has 0 amide bonds. The van der Waals surface area contributed by atoms with Crippen molar-refractivity contribution in [1.29, 1.82) is 0 Å². The highest BCUT2D eigenvalue weighted by Gasteiger charge is 2.17. The molecule has 1 aromatic carbocycles. The van der Waals surface area contributed by atoms with E-state index in [1.165, 1.54) is 11.1 Å². The zero-order valence-electron chi connectivity index (χ0n) is 13.5. The molecule has 0 saturated carbocycles. The van der Waals surface area contributed by atoms with Crippen LogP contribution in [0.3, 0.4) is 0 Å². The van der Waals surface area contributed by atoms with E-state index >= 15 is 0 Å². The van der Waals surface area contributed by atoms with Crippen LogP contribution >= 0.6 is 11.8 Å². The average molecular weight is 293 g/mol. The van der Waals surface area contributed by atoms with Gasteiger partial charge in [0, 0.05) is 31.9 Å². The third-order valence-electron chi connectivity index (χ3n) is 3.34. The van der Waals surface area contributed by atoms with Crippen molar-refractivity contribution in [2.45, 2.75) is 32.1 Å². The first-order valence-corrected chi connectivity index (χ1v) is 8.13. The van der Waals surface area contributed by atoms with Gasteiger partial charge in [-0.05, 0) is 32.6 Å². The predicted molar refractivity (Wildman–Crippen MR) is 91.6 cm³/mol. The molecule has 0 radical (unpaired) electrons. The van der Waals surface area contributed by atoms with E-state index in [1.54, 1.807) is 0 Å². The molecule has 0 aliphatic heterocycles. The Balaban J connectivity index is 2.59. The normalized spacial score (nSPS) is 12.4. The summed E-state index contributed by atoms with van der Waals surface area (Å²) in [6.07, 6.45) is 2.14. The fourth-order valence-electron chi connectivity index (χ4n) is 1.79. The molecule has 20 heavy (non-hydrogen) atoms. The number of nitrogens with zero attached hydrogens (tertiary/aromatic N) is 2. The maximum atomic E-state index is 4.36. The van der Waals surface area contributed by atoms with Crippen LogP contribution in [-0.2, 0) is 6.54 Å². The van der Waals surface area contributed by atoms with Gasteiger partial charge in [0.25, 0.3) is 0 Å². The number of hydrogen-bond donors (Lipinski definition) is 1. The number of rotatable bonds is 5. The summed E-state index contributed by atoms with van der Waals surface area (Å²) in [4.78, 5) is 6.52. The van der Waals surface area contributed by atoms with Crippen LogP contribution in [0.5, 0.6) is 0 Å². The number of aliphatic imine (C=N–C) groups is 1. The first-order valence-electron chi connectivity index (χ1n) is 6.90. The Kier molecular flexibility index (Phi) is 6.40. The van der Waals surface area contributed by atoms with Gasteiger partial charge in [-0.2, -0.15) is 11.8 Å². The molecule has 0 aromatic heterocycles. The van der Waals surface area contributed by atoms with Gasteiger partial charge in [-0.3, -0.25) is 4.99 Å². The second kappa shape index (κ2) is 7.58. The summed E-state index contributed by atoms with van der Waals surface area (Å²) in [5.41, 5.74) is 2.59. The van der Waals surface area contributed by atoms with E-state index in [1.807, 2.05) is 18.8 Å². The van der Waals surface area contributed by atoms with Gasteiger partial charge in [-0.1, -0.05) is 29.8 Å². The van der Waals surface area contributed by atoms with E-state index in [2.05, 4.69) is 73.5 Å². The molecular formula is C16H27N3S. The van der Waals surface area contributed by atoms with Gasteiger partial charge in [-0.25, -0.2) is 0 Å². The Bertz CT molecular complexity index is 438. The Morgan fingerprint density at radius 1 is 1.30 bits per heavy atom. The Morgan fingerprint density at radius 3 is 2.40 bits per heavy atom. The van der Waals surface area contributed by atoms with Crippen molar-refractivity contribution in [1.82, 2.24) is 10.2 Å². The van der Waals surface area contributed by atoms with Gasteiger partial charge in [0.15, 0.2) is 5.96 Å². The standard InChI is InChI=1S/C16H27N3S/c1-13-7-9-14(10-8-13)11-19(5)15(17-4)18-12-16(2,3)20-6/h7-10H,11-12H2,1-6H3,(H,17,18). The monoisotopic (exact) mass is 293 g/mol. The van der Waals surface area contributed by atoms with Crippen LogP contribution in [0.1, 0.15) is 25.0 Å². The third-order valence-corrected chi connectivity index (χ3v) is 4.59. The average Bonchev–Trinajstić information content (AvgIpc) is 2.42. The molecule has 0 unspecified atom stereocenters. The van der Waals surface area contributed by atoms with E-state index in [9.17, 15) is 0 Å². The van der Waals surface area contributed by atoms with E-state index in [4.69, 9.17) is 0 Å². The van der Waals surface area contributed by atoms with Crippen LogP contribution in [0.2, 0.25) is 0 Å². The van der Waals surface area contributed by atoms with Gasteiger partial charge >= 0.3 is 0 Å². The number of thioether (sulfide) groups is 1. The van der Waals surface area contributed by atoms with Gasteiger partial charge in [-0.15, -0.1) is 0 Å². The lowest BCUT2D eigenvalue weighted by molar-refractivity contribution is 0.472. The minimum atomic E-state index is 0.209. The minimum Gasteiger partial charge on any atom is -0.355 e. The number of benzene rings is 1. The smallest absolute Gasteiger partial charge is 0.193 e. The zero-order chi connectivity index (χ0) is 15.2. The first kappa shape index (κ1) is 16.9. The summed E-state index contributed by atoms with van der Waals surface area (Å²) in [6.45, 7) is 8.34. The second-order valence-corrected chi connectivity index (χ2v) is 7.22. The van der Waals surface area contributed by atoms with Crippen LogP contribution in [0.25, 0.3) is 0 Å². The lowest BCUT2D eigenvalue weighted by Crippen LogP contribution is -2.43. The number of aryl methyl sites for hydroxylation is 1. The van der Waals surface area contributed by atoms with E-state index < -0.39 is 0 Å². The summed E-state index contributed by atoms with van der Waals surface area (Å²) in [7, 11) is 3.90. The molecule has 112 valence electrons. The predicted octanol–water partition coefficient (Wildman–Crippen LogP) is 3.14. The molecule has 0 aliphatic carbocycles. The fourth-order valence-corrected chi connectivity index (χ4v) is 2.01. The van der Waals surface area contributed by atoms with Gasteiger partial charge in [0.2, 0.25) is 0 Å². The highest BCUT2D eigenvalue weighted by atomic mass is 32.2. The van der Waals surface area contributed by atoms with Crippen LogP contribution in [0.4, 0.5) is 0 Å². The summed E-state index contributed by atoms with van der Waals surface area (Å²) in [5.74, 6) is 0.938. The van der Waals surface area contributed by atoms with Crippen LogP contribution in [-0.4, -0.2) is 42.5 Å². The zero-order valence-corrected chi connectivity index (χ0v) is 14.3. The van der Waals surface area contributed by atoms with E-state index in [-0.39, 0.29) is 4.75 Å². The van der Waals surface area contributed by atoms with Gasteiger partial charge in [0.1, 0.15) is 0 Å². The summed E-state index contributed by atoms with van der Waals surface area (Å²) in [5, 5.41) is 3.45. The Labute approximate surface area is 127 Å². The van der Waals surface area contributed by atoms with E-state index in [0.717, 1.165) is 19.0 Å². The molecule has 0 atom stereocenters. The SMILES string of the molecule is CN=C(NCC(C)(C)SC)N(C)Cc1ccc(C)cc1. The topological polar surface area (TPSA) is 27.6 Å². The van der Waals surface area contributed by atoms with Crippen molar-refractivity contribution < 1.29 is 0 Å². The molecule has 0 aliphatic rings. The second-order valence-electron chi connectivity index (χ2n) is 5.71. The van der Waals surface area contributed by atoms with Gasteiger partial charge in [0.05, 0.1) is 0 Å². The van der Waals surface area contributed by atoms with Crippen molar-refractivity contribution in [2.24, 2.45) is 4.99 Å². The molecule has 0 bridgehead atoms.